The topological polar surface area (TPSA) is 70.7 Å². The minimum absolute atomic E-state index is 0. The summed E-state index contributed by atoms with van der Waals surface area (Å²) in [6.07, 6.45) is 0.828. The van der Waals surface area contributed by atoms with Crippen LogP contribution >= 0.6 is 35.7 Å². The number of guanidine groups is 1. The number of nitrogens with one attached hydrogen (secondary N) is 1. The van der Waals surface area contributed by atoms with Crippen LogP contribution in [0.4, 0.5) is 0 Å². The number of aliphatic imine (C=N–C) groups is 1. The zero-order valence-corrected chi connectivity index (χ0v) is 15.7. The molecule has 1 aromatic rings. The molecule has 1 aliphatic rings. The van der Waals surface area contributed by atoms with Crippen molar-refractivity contribution in [2.24, 2.45) is 10.7 Å². The van der Waals surface area contributed by atoms with Crippen LogP contribution in [0.15, 0.2) is 35.3 Å². The zero-order chi connectivity index (χ0) is 14.9. The smallest absolute Gasteiger partial charge is 0.241 e. The van der Waals surface area contributed by atoms with Gasteiger partial charge in [-0.3, -0.25) is 4.79 Å². The standard InChI is InChI=1S/C15H22N4OS.HI/c16-15(19-8-10-21-11-9-19)18-12-14(20)17-7-6-13-4-2-1-3-5-13;/h1-5H,6-12H2,(H2,16,18)(H,17,20);1H. The first kappa shape index (κ1) is 19.1. The Hall–Kier alpha value is -0.960. The summed E-state index contributed by atoms with van der Waals surface area (Å²) in [5.74, 6) is 2.53. The molecule has 1 aliphatic heterocycles. The number of carbonyl (C=O) groups excluding carboxylic acids is 1. The van der Waals surface area contributed by atoms with Gasteiger partial charge in [0.25, 0.3) is 0 Å². The molecule has 1 fully saturated rings. The Bertz CT molecular complexity index is 478. The van der Waals surface area contributed by atoms with E-state index in [2.05, 4.69) is 22.4 Å². The van der Waals surface area contributed by atoms with Gasteiger partial charge in [-0.25, -0.2) is 4.99 Å². The van der Waals surface area contributed by atoms with Crippen LogP contribution in [0.2, 0.25) is 0 Å². The lowest BCUT2D eigenvalue weighted by Crippen LogP contribution is -2.43. The SMILES string of the molecule is I.NC(=NCC(=O)NCCc1ccccc1)N1CCSCC1. The lowest BCUT2D eigenvalue weighted by Gasteiger charge is -2.27. The lowest BCUT2D eigenvalue weighted by atomic mass is 10.1. The predicted octanol–water partition coefficient (Wildman–Crippen LogP) is 1.33. The molecule has 1 amide bonds. The van der Waals surface area contributed by atoms with Crippen molar-refractivity contribution in [1.29, 1.82) is 0 Å². The second kappa shape index (κ2) is 10.7. The van der Waals surface area contributed by atoms with Crippen LogP contribution in [0.3, 0.4) is 0 Å². The van der Waals surface area contributed by atoms with Crippen molar-refractivity contribution in [3.8, 4) is 0 Å². The van der Waals surface area contributed by atoms with Crippen LogP contribution in [0.25, 0.3) is 0 Å². The highest BCUT2D eigenvalue weighted by molar-refractivity contribution is 14.0. The quantitative estimate of drug-likeness (QED) is 0.417. The monoisotopic (exact) mass is 434 g/mol. The van der Waals surface area contributed by atoms with E-state index in [4.69, 9.17) is 5.73 Å². The summed E-state index contributed by atoms with van der Waals surface area (Å²) in [7, 11) is 0. The second-order valence-corrected chi connectivity index (χ2v) is 6.08. The van der Waals surface area contributed by atoms with E-state index in [1.165, 1.54) is 5.56 Å². The van der Waals surface area contributed by atoms with Gasteiger partial charge in [0.15, 0.2) is 5.96 Å². The third-order valence-corrected chi connectivity index (χ3v) is 4.24. The molecule has 2 rings (SSSR count). The maximum absolute atomic E-state index is 11.7. The minimum Gasteiger partial charge on any atom is -0.370 e. The van der Waals surface area contributed by atoms with Gasteiger partial charge in [0.05, 0.1) is 0 Å². The van der Waals surface area contributed by atoms with Gasteiger partial charge in [-0.2, -0.15) is 11.8 Å². The fourth-order valence-electron chi connectivity index (χ4n) is 2.09. The zero-order valence-electron chi connectivity index (χ0n) is 12.5. The van der Waals surface area contributed by atoms with Gasteiger partial charge < -0.3 is 16.0 Å². The number of amides is 1. The van der Waals surface area contributed by atoms with E-state index in [9.17, 15) is 4.79 Å². The molecule has 0 bridgehead atoms. The van der Waals surface area contributed by atoms with E-state index in [1.807, 2.05) is 34.9 Å². The van der Waals surface area contributed by atoms with Crippen molar-refractivity contribution in [3.05, 3.63) is 35.9 Å². The average Bonchev–Trinajstić information content (AvgIpc) is 2.54. The third kappa shape index (κ3) is 6.87. The number of hydrogen-bond donors (Lipinski definition) is 2. The van der Waals surface area contributed by atoms with Gasteiger partial charge >= 0.3 is 0 Å². The van der Waals surface area contributed by atoms with Crippen molar-refractivity contribution in [2.75, 3.05) is 37.7 Å². The summed E-state index contributed by atoms with van der Waals surface area (Å²) < 4.78 is 0. The van der Waals surface area contributed by atoms with Crippen molar-refractivity contribution in [1.82, 2.24) is 10.2 Å². The fourth-order valence-corrected chi connectivity index (χ4v) is 3.00. The molecular formula is C15H23IN4OS. The summed E-state index contributed by atoms with van der Waals surface area (Å²) in [6.45, 7) is 2.55. The van der Waals surface area contributed by atoms with Gasteiger partial charge in [-0.05, 0) is 12.0 Å². The van der Waals surface area contributed by atoms with Gasteiger partial charge in [0.1, 0.15) is 6.54 Å². The molecule has 1 heterocycles. The molecule has 1 aromatic carbocycles. The molecule has 7 heteroatoms. The van der Waals surface area contributed by atoms with Crippen LogP contribution in [0.1, 0.15) is 5.56 Å². The Morgan fingerprint density at radius 3 is 2.64 bits per heavy atom. The summed E-state index contributed by atoms with van der Waals surface area (Å²) in [5.41, 5.74) is 7.12. The highest BCUT2D eigenvalue weighted by atomic mass is 127. The summed E-state index contributed by atoms with van der Waals surface area (Å²) in [4.78, 5) is 17.9. The Kier molecular flexibility index (Phi) is 9.30. The second-order valence-electron chi connectivity index (χ2n) is 4.86. The minimum atomic E-state index is -0.0831. The normalized spacial score (nSPS) is 15.1. The van der Waals surface area contributed by atoms with Crippen LogP contribution in [-0.4, -0.2) is 54.5 Å². The van der Waals surface area contributed by atoms with Crippen LogP contribution in [0.5, 0.6) is 0 Å². The largest absolute Gasteiger partial charge is 0.370 e. The first-order chi connectivity index (χ1) is 10.3. The molecule has 5 nitrogen and oxygen atoms in total. The summed E-state index contributed by atoms with van der Waals surface area (Å²) in [6, 6.07) is 10.1. The van der Waals surface area contributed by atoms with Crippen molar-refractivity contribution >= 4 is 47.6 Å². The van der Waals surface area contributed by atoms with E-state index in [-0.39, 0.29) is 36.4 Å². The number of rotatable bonds is 5. The third-order valence-electron chi connectivity index (χ3n) is 3.30. The number of thioether (sulfide) groups is 1. The molecule has 0 aliphatic carbocycles. The summed E-state index contributed by atoms with van der Waals surface area (Å²) >= 11 is 1.92. The number of nitrogens with two attached hydrogens (primary N) is 1. The molecule has 0 unspecified atom stereocenters. The van der Waals surface area contributed by atoms with E-state index >= 15 is 0 Å². The van der Waals surface area contributed by atoms with E-state index < -0.39 is 0 Å². The molecule has 122 valence electrons. The number of hydrogen-bond acceptors (Lipinski definition) is 3. The lowest BCUT2D eigenvalue weighted by molar-refractivity contribution is -0.119. The fraction of sp³-hybridized carbons (Fsp3) is 0.467. The van der Waals surface area contributed by atoms with Crippen LogP contribution in [-0.2, 0) is 11.2 Å². The van der Waals surface area contributed by atoms with Crippen LogP contribution < -0.4 is 11.1 Å². The number of benzene rings is 1. The van der Waals surface area contributed by atoms with Crippen molar-refractivity contribution in [3.63, 3.8) is 0 Å². The van der Waals surface area contributed by atoms with Gasteiger partial charge in [0, 0.05) is 31.1 Å². The molecule has 22 heavy (non-hydrogen) atoms. The van der Waals surface area contributed by atoms with Crippen molar-refractivity contribution < 1.29 is 4.79 Å². The Morgan fingerprint density at radius 1 is 1.27 bits per heavy atom. The van der Waals surface area contributed by atoms with Crippen molar-refractivity contribution in [2.45, 2.75) is 6.42 Å². The van der Waals surface area contributed by atoms with Gasteiger partial charge in [-0.1, -0.05) is 30.3 Å². The number of nitrogens with zero attached hydrogens (tertiary/aromatic N) is 2. The van der Waals surface area contributed by atoms with Crippen LogP contribution in [0, 0.1) is 0 Å². The van der Waals surface area contributed by atoms with E-state index in [1.54, 1.807) is 0 Å². The first-order valence-corrected chi connectivity index (χ1v) is 8.34. The Morgan fingerprint density at radius 2 is 1.95 bits per heavy atom. The Balaban J connectivity index is 0.00000242. The molecule has 1 saturated heterocycles. The summed E-state index contributed by atoms with van der Waals surface area (Å²) in [5, 5.41) is 2.87. The van der Waals surface area contributed by atoms with Gasteiger partial charge in [-0.15, -0.1) is 24.0 Å². The molecule has 0 aromatic heterocycles. The highest BCUT2D eigenvalue weighted by Crippen LogP contribution is 2.08. The predicted molar refractivity (Wildman–Crippen MR) is 104 cm³/mol. The first-order valence-electron chi connectivity index (χ1n) is 7.19. The molecule has 3 N–H and O–H groups in total. The molecule has 0 spiro atoms. The highest BCUT2D eigenvalue weighted by Gasteiger charge is 2.12. The van der Waals surface area contributed by atoms with E-state index in [0.29, 0.717) is 12.5 Å². The number of halogens is 1. The molecule has 0 radical (unpaired) electrons. The average molecular weight is 434 g/mol. The maximum Gasteiger partial charge on any atom is 0.241 e. The van der Waals surface area contributed by atoms with E-state index in [0.717, 1.165) is 31.0 Å². The Labute approximate surface area is 153 Å². The maximum atomic E-state index is 11.7. The molecular weight excluding hydrogens is 411 g/mol. The van der Waals surface area contributed by atoms with Gasteiger partial charge in [0.2, 0.25) is 5.91 Å². The molecule has 0 saturated carbocycles. The molecule has 0 atom stereocenters. The number of carbonyl (C=O) groups is 1.